The zero-order chi connectivity index (χ0) is 16.1. The van der Waals surface area contributed by atoms with Gasteiger partial charge in [0.05, 0.1) is 26.3 Å². The summed E-state index contributed by atoms with van der Waals surface area (Å²) in [6.45, 7) is 5.28. The standard InChI is InChI=1S/C16H27N3O4/c20-14(17-11-15(21)19-5-1-2-6-19)12-18-7-3-13(4-8-18)16-22-9-10-23-16/h13,16H,1-12H2,(H,17,20). The molecule has 0 atom stereocenters. The second-order valence-electron chi connectivity index (χ2n) is 6.59. The number of rotatable bonds is 5. The van der Waals surface area contributed by atoms with E-state index >= 15 is 0 Å². The second kappa shape index (κ2) is 8.08. The predicted molar refractivity (Wildman–Crippen MR) is 83.7 cm³/mol. The summed E-state index contributed by atoms with van der Waals surface area (Å²) in [7, 11) is 0. The van der Waals surface area contributed by atoms with Crippen molar-refractivity contribution < 1.29 is 19.1 Å². The van der Waals surface area contributed by atoms with Gasteiger partial charge in [0.1, 0.15) is 0 Å². The summed E-state index contributed by atoms with van der Waals surface area (Å²) in [6.07, 6.45) is 4.07. The van der Waals surface area contributed by atoms with Crippen LogP contribution in [0.2, 0.25) is 0 Å². The van der Waals surface area contributed by atoms with Crippen LogP contribution < -0.4 is 5.32 Å². The van der Waals surface area contributed by atoms with E-state index in [0.29, 0.717) is 25.7 Å². The van der Waals surface area contributed by atoms with Gasteiger partial charge in [0.15, 0.2) is 6.29 Å². The molecule has 2 amide bonds. The second-order valence-corrected chi connectivity index (χ2v) is 6.59. The third kappa shape index (κ3) is 4.65. The van der Waals surface area contributed by atoms with Gasteiger partial charge in [-0.1, -0.05) is 0 Å². The lowest BCUT2D eigenvalue weighted by molar-refractivity contribution is -0.132. The lowest BCUT2D eigenvalue weighted by atomic mass is 9.96. The van der Waals surface area contributed by atoms with Crippen LogP contribution in [0.4, 0.5) is 0 Å². The molecule has 0 aromatic carbocycles. The van der Waals surface area contributed by atoms with Gasteiger partial charge < -0.3 is 19.7 Å². The summed E-state index contributed by atoms with van der Waals surface area (Å²) >= 11 is 0. The monoisotopic (exact) mass is 325 g/mol. The number of hydrogen-bond acceptors (Lipinski definition) is 5. The topological polar surface area (TPSA) is 71.1 Å². The highest BCUT2D eigenvalue weighted by Crippen LogP contribution is 2.25. The van der Waals surface area contributed by atoms with E-state index < -0.39 is 0 Å². The number of nitrogens with one attached hydrogen (secondary N) is 1. The number of hydrogen-bond donors (Lipinski definition) is 1. The lowest BCUT2D eigenvalue weighted by Crippen LogP contribution is -2.45. The Bertz CT molecular complexity index is 412. The third-order valence-electron chi connectivity index (χ3n) is 4.93. The van der Waals surface area contributed by atoms with E-state index in [1.807, 2.05) is 4.90 Å². The first-order chi connectivity index (χ1) is 11.2. The van der Waals surface area contributed by atoms with Crippen LogP contribution in [0.3, 0.4) is 0 Å². The molecule has 130 valence electrons. The number of ether oxygens (including phenoxy) is 2. The van der Waals surface area contributed by atoms with Crippen LogP contribution in [0.25, 0.3) is 0 Å². The van der Waals surface area contributed by atoms with E-state index in [-0.39, 0.29) is 24.6 Å². The summed E-state index contributed by atoms with van der Waals surface area (Å²) in [5.74, 6) is 0.406. The highest BCUT2D eigenvalue weighted by atomic mass is 16.7. The normalized spacial score (nSPS) is 24.3. The molecule has 3 fully saturated rings. The highest BCUT2D eigenvalue weighted by molar-refractivity contribution is 5.85. The van der Waals surface area contributed by atoms with Gasteiger partial charge in [-0.3, -0.25) is 14.5 Å². The number of carbonyl (C=O) groups is 2. The summed E-state index contributed by atoms with van der Waals surface area (Å²) in [4.78, 5) is 27.9. The molecule has 1 N–H and O–H groups in total. The minimum absolute atomic E-state index is 0.0325. The van der Waals surface area contributed by atoms with Crippen molar-refractivity contribution in [1.29, 1.82) is 0 Å². The largest absolute Gasteiger partial charge is 0.350 e. The van der Waals surface area contributed by atoms with E-state index in [2.05, 4.69) is 10.2 Å². The maximum absolute atomic E-state index is 12.0. The first-order valence-electron chi connectivity index (χ1n) is 8.72. The fourth-order valence-corrected chi connectivity index (χ4v) is 3.54. The zero-order valence-corrected chi connectivity index (χ0v) is 13.7. The average molecular weight is 325 g/mol. The summed E-state index contributed by atoms with van der Waals surface area (Å²) in [5, 5.41) is 2.75. The molecule has 0 unspecified atom stereocenters. The Morgan fingerprint density at radius 3 is 2.30 bits per heavy atom. The van der Waals surface area contributed by atoms with Crippen LogP contribution in [0.1, 0.15) is 25.7 Å². The smallest absolute Gasteiger partial charge is 0.241 e. The van der Waals surface area contributed by atoms with Crippen molar-refractivity contribution in [2.45, 2.75) is 32.0 Å². The lowest BCUT2D eigenvalue weighted by Gasteiger charge is -2.33. The molecule has 3 rings (SSSR count). The summed E-state index contributed by atoms with van der Waals surface area (Å²) in [5.41, 5.74) is 0. The van der Waals surface area contributed by atoms with E-state index in [4.69, 9.17) is 9.47 Å². The van der Waals surface area contributed by atoms with Gasteiger partial charge in [-0.05, 0) is 38.8 Å². The Labute approximate surface area is 137 Å². The van der Waals surface area contributed by atoms with Gasteiger partial charge in [0.25, 0.3) is 0 Å². The average Bonchev–Trinajstić information content (AvgIpc) is 3.26. The molecule has 7 nitrogen and oxygen atoms in total. The van der Waals surface area contributed by atoms with Crippen molar-refractivity contribution >= 4 is 11.8 Å². The Kier molecular flexibility index (Phi) is 5.85. The van der Waals surface area contributed by atoms with Gasteiger partial charge >= 0.3 is 0 Å². The fourth-order valence-electron chi connectivity index (χ4n) is 3.54. The van der Waals surface area contributed by atoms with Gasteiger partial charge in [-0.15, -0.1) is 0 Å². The van der Waals surface area contributed by atoms with Crippen LogP contribution in [0.5, 0.6) is 0 Å². The van der Waals surface area contributed by atoms with E-state index in [1.165, 1.54) is 0 Å². The summed E-state index contributed by atoms with van der Waals surface area (Å²) in [6, 6.07) is 0. The zero-order valence-electron chi connectivity index (χ0n) is 13.7. The molecule has 0 aliphatic carbocycles. The molecule has 3 aliphatic heterocycles. The molecule has 23 heavy (non-hydrogen) atoms. The van der Waals surface area contributed by atoms with Crippen LogP contribution >= 0.6 is 0 Å². The van der Waals surface area contributed by atoms with Crippen molar-refractivity contribution in [3.8, 4) is 0 Å². The molecule has 0 saturated carbocycles. The van der Waals surface area contributed by atoms with E-state index in [9.17, 15) is 9.59 Å². The van der Waals surface area contributed by atoms with Gasteiger partial charge in [-0.2, -0.15) is 0 Å². The number of piperidine rings is 1. The van der Waals surface area contributed by atoms with Crippen molar-refractivity contribution in [3.63, 3.8) is 0 Å². The molecular formula is C16H27N3O4. The highest BCUT2D eigenvalue weighted by Gasteiger charge is 2.30. The predicted octanol–water partition coefficient (Wildman–Crippen LogP) is -0.190. The Morgan fingerprint density at radius 1 is 1.00 bits per heavy atom. The molecule has 0 radical (unpaired) electrons. The van der Waals surface area contributed by atoms with E-state index in [0.717, 1.165) is 51.9 Å². The number of carbonyl (C=O) groups excluding carboxylic acids is 2. The minimum Gasteiger partial charge on any atom is -0.350 e. The Morgan fingerprint density at radius 2 is 1.65 bits per heavy atom. The van der Waals surface area contributed by atoms with Gasteiger partial charge in [0, 0.05) is 19.0 Å². The Balaban J connectivity index is 1.32. The van der Waals surface area contributed by atoms with Crippen LogP contribution in [-0.2, 0) is 19.1 Å². The molecule has 7 heteroatoms. The molecule has 0 spiro atoms. The molecule has 0 aromatic rings. The maximum atomic E-state index is 12.0. The maximum Gasteiger partial charge on any atom is 0.241 e. The quantitative estimate of drug-likeness (QED) is 0.759. The van der Waals surface area contributed by atoms with Crippen LogP contribution in [-0.4, -0.2) is 80.4 Å². The molecule has 0 aromatic heterocycles. The number of nitrogens with zero attached hydrogens (tertiary/aromatic N) is 2. The van der Waals surface area contributed by atoms with Crippen molar-refractivity contribution in [1.82, 2.24) is 15.1 Å². The molecule has 3 saturated heterocycles. The molecule has 3 aliphatic rings. The van der Waals surface area contributed by atoms with Gasteiger partial charge in [0.2, 0.25) is 11.8 Å². The fraction of sp³-hybridized carbons (Fsp3) is 0.875. The van der Waals surface area contributed by atoms with Gasteiger partial charge in [-0.25, -0.2) is 0 Å². The number of amides is 2. The first kappa shape index (κ1) is 16.7. The molecule has 0 bridgehead atoms. The number of likely N-dealkylation sites (tertiary alicyclic amines) is 2. The van der Waals surface area contributed by atoms with Crippen molar-refractivity contribution in [2.75, 3.05) is 52.5 Å². The van der Waals surface area contributed by atoms with Crippen LogP contribution in [0, 0.1) is 5.92 Å². The Hall–Kier alpha value is -1.18. The van der Waals surface area contributed by atoms with Crippen molar-refractivity contribution in [2.24, 2.45) is 5.92 Å². The molecule has 3 heterocycles. The van der Waals surface area contributed by atoms with E-state index in [1.54, 1.807) is 0 Å². The third-order valence-corrected chi connectivity index (χ3v) is 4.93. The first-order valence-corrected chi connectivity index (χ1v) is 8.72. The van der Waals surface area contributed by atoms with Crippen LogP contribution in [0.15, 0.2) is 0 Å². The minimum atomic E-state index is -0.0654. The summed E-state index contributed by atoms with van der Waals surface area (Å²) < 4.78 is 11.1. The van der Waals surface area contributed by atoms with Crippen molar-refractivity contribution in [3.05, 3.63) is 0 Å². The molecular weight excluding hydrogens is 298 g/mol. The SMILES string of the molecule is O=C(CN1CCC(C2OCCO2)CC1)NCC(=O)N1CCCC1.